The minimum atomic E-state index is -0.112. The molecule has 2 aromatic carbocycles. The zero-order chi connectivity index (χ0) is 20.5. The van der Waals surface area contributed by atoms with Crippen LogP contribution in [0, 0.1) is 0 Å². The van der Waals surface area contributed by atoms with Gasteiger partial charge in [-0.05, 0) is 61.7 Å². The van der Waals surface area contributed by atoms with E-state index in [1.54, 1.807) is 19.2 Å². The van der Waals surface area contributed by atoms with Gasteiger partial charge in [0.05, 0.1) is 13.7 Å². The molecule has 1 amide bonds. The van der Waals surface area contributed by atoms with E-state index >= 15 is 0 Å². The second-order valence-electron chi connectivity index (χ2n) is 7.50. The Balaban J connectivity index is 1.62. The topological polar surface area (TPSA) is 50.8 Å². The molecule has 0 radical (unpaired) electrons. The van der Waals surface area contributed by atoms with Crippen molar-refractivity contribution in [2.24, 2.45) is 0 Å². The molecule has 1 fully saturated rings. The average Bonchev–Trinajstić information content (AvgIpc) is 3.26. The summed E-state index contributed by atoms with van der Waals surface area (Å²) in [6.45, 7) is 6.55. The van der Waals surface area contributed by atoms with Crippen molar-refractivity contribution in [3.05, 3.63) is 59.2 Å². The number of benzene rings is 2. The van der Waals surface area contributed by atoms with E-state index in [-0.39, 0.29) is 5.91 Å². The summed E-state index contributed by atoms with van der Waals surface area (Å²) < 4.78 is 11.2. The van der Waals surface area contributed by atoms with Gasteiger partial charge in [0.25, 0.3) is 5.91 Å². The van der Waals surface area contributed by atoms with Crippen LogP contribution in [-0.4, -0.2) is 37.6 Å². The van der Waals surface area contributed by atoms with Crippen molar-refractivity contribution >= 4 is 5.91 Å². The zero-order valence-corrected chi connectivity index (χ0v) is 17.6. The maximum atomic E-state index is 12.7. The van der Waals surface area contributed by atoms with Crippen molar-refractivity contribution in [3.63, 3.8) is 0 Å². The summed E-state index contributed by atoms with van der Waals surface area (Å²) >= 11 is 0. The van der Waals surface area contributed by atoms with Crippen molar-refractivity contribution in [2.45, 2.75) is 45.7 Å². The number of nitrogens with zero attached hydrogens (tertiary/aromatic N) is 1. The molecular formula is C24H32N2O3. The molecule has 29 heavy (non-hydrogen) atoms. The highest BCUT2D eigenvalue weighted by atomic mass is 16.5. The number of hydrogen-bond acceptors (Lipinski definition) is 4. The first-order valence-corrected chi connectivity index (χ1v) is 10.6. The monoisotopic (exact) mass is 396 g/mol. The normalized spacial score (nSPS) is 14.0. The van der Waals surface area contributed by atoms with Gasteiger partial charge in [-0.15, -0.1) is 0 Å². The predicted octanol–water partition coefficient (Wildman–Crippen LogP) is 4.40. The highest BCUT2D eigenvalue weighted by Gasteiger charge is 2.15. The first-order chi connectivity index (χ1) is 14.2. The highest BCUT2D eigenvalue weighted by molar-refractivity contribution is 5.94. The van der Waals surface area contributed by atoms with Crippen molar-refractivity contribution in [1.29, 1.82) is 0 Å². The number of unbranched alkanes of at least 4 members (excludes halogenated alkanes) is 1. The standard InChI is InChI=1S/C24H32N2O3/c1-3-4-15-29-22-12-11-19(16-23(22)28-2)24(27)25-17-20-9-5-6-10-21(20)18-26-13-7-8-14-26/h5-6,9-12,16H,3-4,7-8,13-15,17-18H2,1-2H3,(H,25,27). The van der Waals surface area contributed by atoms with Crippen LogP contribution < -0.4 is 14.8 Å². The summed E-state index contributed by atoms with van der Waals surface area (Å²) in [6, 6.07) is 13.7. The van der Waals surface area contributed by atoms with Gasteiger partial charge in [0.15, 0.2) is 11.5 Å². The molecule has 3 rings (SSSR count). The minimum Gasteiger partial charge on any atom is -0.493 e. The number of carbonyl (C=O) groups excluding carboxylic acids is 1. The number of methoxy groups -OCH3 is 1. The van der Waals surface area contributed by atoms with E-state index in [4.69, 9.17) is 9.47 Å². The minimum absolute atomic E-state index is 0.112. The number of amides is 1. The lowest BCUT2D eigenvalue weighted by atomic mass is 10.1. The fraction of sp³-hybridized carbons (Fsp3) is 0.458. The fourth-order valence-electron chi connectivity index (χ4n) is 3.60. The maximum Gasteiger partial charge on any atom is 0.251 e. The number of rotatable bonds is 10. The van der Waals surface area contributed by atoms with E-state index in [9.17, 15) is 4.79 Å². The van der Waals surface area contributed by atoms with E-state index in [0.717, 1.165) is 32.5 Å². The van der Waals surface area contributed by atoms with Gasteiger partial charge in [0.1, 0.15) is 0 Å². The highest BCUT2D eigenvalue weighted by Crippen LogP contribution is 2.28. The van der Waals surface area contributed by atoms with Gasteiger partial charge in [-0.1, -0.05) is 37.6 Å². The number of hydrogen-bond donors (Lipinski definition) is 1. The third-order valence-corrected chi connectivity index (χ3v) is 5.33. The summed E-state index contributed by atoms with van der Waals surface area (Å²) in [4.78, 5) is 15.2. The molecule has 0 bridgehead atoms. The van der Waals surface area contributed by atoms with E-state index in [2.05, 4.69) is 35.3 Å². The van der Waals surface area contributed by atoms with E-state index in [1.807, 2.05) is 12.1 Å². The lowest BCUT2D eigenvalue weighted by Gasteiger charge is -2.18. The van der Waals surface area contributed by atoms with E-state index in [1.165, 1.54) is 24.0 Å². The van der Waals surface area contributed by atoms with Gasteiger partial charge in [0.2, 0.25) is 0 Å². The van der Waals surface area contributed by atoms with Crippen LogP contribution in [0.15, 0.2) is 42.5 Å². The SMILES string of the molecule is CCCCOc1ccc(C(=O)NCc2ccccc2CN2CCCC2)cc1OC. The molecule has 0 unspecified atom stereocenters. The second kappa shape index (κ2) is 10.9. The maximum absolute atomic E-state index is 12.7. The van der Waals surface area contributed by atoms with Crippen LogP contribution in [0.25, 0.3) is 0 Å². The molecule has 1 saturated heterocycles. The molecule has 1 aliphatic heterocycles. The van der Waals surface area contributed by atoms with Crippen molar-refractivity contribution in [1.82, 2.24) is 10.2 Å². The van der Waals surface area contributed by atoms with Crippen LogP contribution >= 0.6 is 0 Å². The molecule has 2 aromatic rings. The molecule has 1 heterocycles. The smallest absolute Gasteiger partial charge is 0.251 e. The molecule has 0 atom stereocenters. The fourth-order valence-corrected chi connectivity index (χ4v) is 3.60. The molecule has 1 aliphatic rings. The van der Waals surface area contributed by atoms with Crippen LogP contribution in [0.2, 0.25) is 0 Å². The first kappa shape index (κ1) is 21.2. The van der Waals surface area contributed by atoms with Crippen molar-refractivity contribution < 1.29 is 14.3 Å². The summed E-state index contributed by atoms with van der Waals surface area (Å²) in [5.74, 6) is 1.15. The third kappa shape index (κ3) is 5.97. The summed E-state index contributed by atoms with van der Waals surface area (Å²) in [6.07, 6.45) is 4.61. The number of ether oxygens (including phenoxy) is 2. The second-order valence-corrected chi connectivity index (χ2v) is 7.50. The molecule has 5 heteroatoms. The van der Waals surface area contributed by atoms with Gasteiger partial charge in [0, 0.05) is 18.7 Å². The summed E-state index contributed by atoms with van der Waals surface area (Å²) in [5, 5.41) is 3.05. The van der Waals surface area contributed by atoms with Gasteiger partial charge in [-0.2, -0.15) is 0 Å². The van der Waals surface area contributed by atoms with Crippen LogP contribution in [0.1, 0.15) is 54.1 Å². The Morgan fingerprint density at radius 3 is 2.55 bits per heavy atom. The summed E-state index contributed by atoms with van der Waals surface area (Å²) in [7, 11) is 1.60. The molecule has 0 saturated carbocycles. The molecule has 1 N–H and O–H groups in total. The Morgan fingerprint density at radius 2 is 1.83 bits per heavy atom. The average molecular weight is 397 g/mol. The molecule has 5 nitrogen and oxygen atoms in total. The van der Waals surface area contributed by atoms with Gasteiger partial charge >= 0.3 is 0 Å². The Labute approximate surface area is 174 Å². The van der Waals surface area contributed by atoms with Crippen LogP contribution in [0.3, 0.4) is 0 Å². The van der Waals surface area contributed by atoms with E-state index < -0.39 is 0 Å². The predicted molar refractivity (Wildman–Crippen MR) is 116 cm³/mol. The Bertz CT molecular complexity index is 800. The zero-order valence-electron chi connectivity index (χ0n) is 17.6. The van der Waals surface area contributed by atoms with Crippen molar-refractivity contribution in [2.75, 3.05) is 26.8 Å². The van der Waals surface area contributed by atoms with Crippen LogP contribution in [0.4, 0.5) is 0 Å². The van der Waals surface area contributed by atoms with Crippen molar-refractivity contribution in [3.8, 4) is 11.5 Å². The van der Waals surface area contributed by atoms with Crippen LogP contribution in [-0.2, 0) is 13.1 Å². The Hall–Kier alpha value is -2.53. The molecular weight excluding hydrogens is 364 g/mol. The molecule has 0 aromatic heterocycles. The molecule has 0 spiro atoms. The lowest BCUT2D eigenvalue weighted by molar-refractivity contribution is 0.0950. The Kier molecular flexibility index (Phi) is 7.94. The van der Waals surface area contributed by atoms with Gasteiger partial charge in [-0.3, -0.25) is 9.69 Å². The summed E-state index contributed by atoms with van der Waals surface area (Å²) in [5.41, 5.74) is 3.02. The largest absolute Gasteiger partial charge is 0.493 e. The van der Waals surface area contributed by atoms with Crippen LogP contribution in [0.5, 0.6) is 11.5 Å². The van der Waals surface area contributed by atoms with E-state index in [0.29, 0.717) is 30.2 Å². The number of likely N-dealkylation sites (tertiary alicyclic amines) is 1. The third-order valence-electron chi connectivity index (χ3n) is 5.33. The molecule has 0 aliphatic carbocycles. The van der Waals surface area contributed by atoms with Gasteiger partial charge < -0.3 is 14.8 Å². The number of carbonyl (C=O) groups is 1. The first-order valence-electron chi connectivity index (χ1n) is 10.6. The van der Waals surface area contributed by atoms with Gasteiger partial charge in [-0.25, -0.2) is 0 Å². The lowest BCUT2D eigenvalue weighted by Crippen LogP contribution is -2.25. The number of nitrogens with one attached hydrogen (secondary N) is 1. The molecule has 156 valence electrons. The Morgan fingerprint density at radius 1 is 1.07 bits per heavy atom. The quantitative estimate of drug-likeness (QED) is 0.605.